The maximum absolute atomic E-state index is 11.6. The molecule has 0 fully saturated rings. The van der Waals surface area contributed by atoms with Crippen LogP contribution in [0.3, 0.4) is 0 Å². The van der Waals surface area contributed by atoms with Gasteiger partial charge in [0.25, 0.3) is 0 Å². The van der Waals surface area contributed by atoms with Crippen LogP contribution in [0, 0.1) is 0 Å². The molecule has 0 aliphatic heterocycles. The number of nitrogens with two attached hydrogens (primary N) is 1. The van der Waals surface area contributed by atoms with Gasteiger partial charge in [-0.05, 0) is 24.1 Å². The largest absolute Gasteiger partial charge is 0.426 e. The Balaban J connectivity index is 1.86. The Morgan fingerprint density at radius 1 is 1.06 bits per heavy atom. The summed E-state index contributed by atoms with van der Waals surface area (Å²) in [7, 11) is 0. The second-order valence-corrected chi connectivity index (χ2v) is 4.03. The molecule has 0 atom stereocenters. The first-order valence-electron chi connectivity index (χ1n) is 5.84. The molecule has 0 unspecified atom stereocenters. The molecule has 18 heavy (non-hydrogen) atoms. The lowest BCUT2D eigenvalue weighted by Crippen LogP contribution is -2.09. The van der Waals surface area contributed by atoms with Crippen molar-refractivity contribution < 1.29 is 9.53 Å². The van der Waals surface area contributed by atoms with E-state index >= 15 is 0 Å². The number of carbonyl (C=O) groups excluding carboxylic acids is 1. The number of benzene rings is 2. The summed E-state index contributed by atoms with van der Waals surface area (Å²) in [5, 5.41) is 0. The Hall–Kier alpha value is -2.29. The predicted molar refractivity (Wildman–Crippen MR) is 71.3 cm³/mol. The number of esters is 1. The smallest absolute Gasteiger partial charge is 0.311 e. The van der Waals surface area contributed by atoms with Crippen molar-refractivity contribution in [3.8, 4) is 5.75 Å². The molecule has 0 heterocycles. The summed E-state index contributed by atoms with van der Waals surface area (Å²) in [5.41, 5.74) is 7.32. The number of hydrogen-bond acceptors (Lipinski definition) is 3. The number of aryl methyl sites for hydroxylation is 1. The fourth-order valence-electron chi connectivity index (χ4n) is 1.65. The molecular weight excluding hydrogens is 226 g/mol. The van der Waals surface area contributed by atoms with E-state index in [9.17, 15) is 4.79 Å². The second-order valence-electron chi connectivity index (χ2n) is 4.03. The average molecular weight is 241 g/mol. The SMILES string of the molecule is Nc1cccc(OC(=O)CCc2ccccc2)c1. The maximum atomic E-state index is 11.6. The van der Waals surface area contributed by atoms with E-state index in [-0.39, 0.29) is 5.97 Å². The minimum atomic E-state index is -0.246. The molecule has 0 saturated heterocycles. The fourth-order valence-corrected chi connectivity index (χ4v) is 1.65. The van der Waals surface area contributed by atoms with E-state index in [1.54, 1.807) is 24.3 Å². The van der Waals surface area contributed by atoms with E-state index in [1.165, 1.54) is 0 Å². The van der Waals surface area contributed by atoms with Crippen LogP contribution in [-0.2, 0) is 11.2 Å². The first-order chi connectivity index (χ1) is 8.74. The third-order valence-corrected chi connectivity index (χ3v) is 2.55. The fraction of sp³-hybridized carbons (Fsp3) is 0.133. The van der Waals surface area contributed by atoms with Gasteiger partial charge >= 0.3 is 5.97 Å². The quantitative estimate of drug-likeness (QED) is 0.508. The number of rotatable bonds is 4. The summed E-state index contributed by atoms with van der Waals surface area (Å²) < 4.78 is 5.20. The van der Waals surface area contributed by atoms with Crippen LogP contribution in [0.2, 0.25) is 0 Å². The average Bonchev–Trinajstić information content (AvgIpc) is 2.38. The highest BCUT2D eigenvalue weighted by Gasteiger charge is 2.05. The maximum Gasteiger partial charge on any atom is 0.311 e. The second kappa shape index (κ2) is 5.87. The van der Waals surface area contributed by atoms with Crippen molar-refractivity contribution in [3.63, 3.8) is 0 Å². The van der Waals surface area contributed by atoms with Crippen LogP contribution in [0.5, 0.6) is 5.75 Å². The van der Waals surface area contributed by atoms with Crippen molar-refractivity contribution >= 4 is 11.7 Å². The molecule has 2 aromatic rings. The van der Waals surface area contributed by atoms with E-state index in [4.69, 9.17) is 10.5 Å². The zero-order chi connectivity index (χ0) is 12.8. The van der Waals surface area contributed by atoms with Gasteiger partial charge in [-0.25, -0.2) is 0 Å². The lowest BCUT2D eigenvalue weighted by molar-refractivity contribution is -0.134. The number of anilines is 1. The van der Waals surface area contributed by atoms with Crippen LogP contribution in [0.25, 0.3) is 0 Å². The van der Waals surface area contributed by atoms with Crippen molar-refractivity contribution in [3.05, 3.63) is 60.2 Å². The molecule has 0 bridgehead atoms. The molecule has 0 aliphatic rings. The first kappa shape index (κ1) is 12.2. The summed E-state index contributed by atoms with van der Waals surface area (Å²) in [5.74, 6) is 0.248. The highest BCUT2D eigenvalue weighted by atomic mass is 16.5. The molecule has 0 spiro atoms. The van der Waals surface area contributed by atoms with Crippen molar-refractivity contribution in [2.24, 2.45) is 0 Å². The van der Waals surface area contributed by atoms with Crippen LogP contribution in [0.15, 0.2) is 54.6 Å². The topological polar surface area (TPSA) is 52.3 Å². The molecule has 3 heteroatoms. The Labute approximate surface area is 106 Å². The molecule has 0 amide bonds. The molecule has 2 N–H and O–H groups in total. The highest BCUT2D eigenvalue weighted by Crippen LogP contribution is 2.15. The van der Waals surface area contributed by atoms with Crippen molar-refractivity contribution in [1.82, 2.24) is 0 Å². The zero-order valence-electron chi connectivity index (χ0n) is 10.0. The molecule has 0 radical (unpaired) electrons. The van der Waals surface area contributed by atoms with E-state index in [1.807, 2.05) is 30.3 Å². The Bertz CT molecular complexity index is 523. The molecule has 0 saturated carbocycles. The normalized spacial score (nSPS) is 10.0. The van der Waals surface area contributed by atoms with E-state index < -0.39 is 0 Å². The van der Waals surface area contributed by atoms with Gasteiger partial charge in [0.05, 0.1) is 0 Å². The number of carbonyl (C=O) groups is 1. The lowest BCUT2D eigenvalue weighted by atomic mass is 10.1. The molecule has 2 aromatic carbocycles. The van der Waals surface area contributed by atoms with Crippen LogP contribution >= 0.6 is 0 Å². The summed E-state index contributed by atoms with van der Waals surface area (Å²) in [6.45, 7) is 0. The van der Waals surface area contributed by atoms with Crippen molar-refractivity contribution in [2.75, 3.05) is 5.73 Å². The standard InChI is InChI=1S/C15H15NO2/c16-13-7-4-8-14(11-13)18-15(17)10-9-12-5-2-1-3-6-12/h1-8,11H,9-10,16H2. The van der Waals surface area contributed by atoms with E-state index in [2.05, 4.69) is 0 Å². The summed E-state index contributed by atoms with van der Waals surface area (Å²) in [6.07, 6.45) is 1.04. The van der Waals surface area contributed by atoms with Crippen LogP contribution < -0.4 is 10.5 Å². The molecule has 0 aliphatic carbocycles. The number of hydrogen-bond donors (Lipinski definition) is 1. The minimum absolute atomic E-state index is 0.246. The van der Waals surface area contributed by atoms with Gasteiger partial charge in [-0.15, -0.1) is 0 Å². The Morgan fingerprint density at radius 2 is 1.83 bits per heavy atom. The van der Waals surface area contributed by atoms with Crippen LogP contribution in [0.4, 0.5) is 5.69 Å². The third kappa shape index (κ3) is 3.63. The summed E-state index contributed by atoms with van der Waals surface area (Å²) in [4.78, 5) is 11.6. The van der Waals surface area contributed by atoms with E-state index in [0.29, 0.717) is 24.3 Å². The van der Waals surface area contributed by atoms with Gasteiger partial charge in [-0.2, -0.15) is 0 Å². The summed E-state index contributed by atoms with van der Waals surface area (Å²) >= 11 is 0. The number of ether oxygens (including phenoxy) is 1. The van der Waals surface area contributed by atoms with E-state index in [0.717, 1.165) is 5.56 Å². The van der Waals surface area contributed by atoms with Gasteiger partial charge in [-0.3, -0.25) is 4.79 Å². The van der Waals surface area contributed by atoms with Gasteiger partial charge in [-0.1, -0.05) is 36.4 Å². The minimum Gasteiger partial charge on any atom is -0.426 e. The van der Waals surface area contributed by atoms with Gasteiger partial charge in [0.1, 0.15) is 5.75 Å². The number of nitrogen functional groups attached to an aromatic ring is 1. The van der Waals surface area contributed by atoms with Crippen molar-refractivity contribution in [2.45, 2.75) is 12.8 Å². The molecule has 0 aromatic heterocycles. The van der Waals surface area contributed by atoms with Crippen LogP contribution in [0.1, 0.15) is 12.0 Å². The van der Waals surface area contributed by atoms with Gasteiger partial charge in [0.15, 0.2) is 0 Å². The highest BCUT2D eigenvalue weighted by molar-refractivity contribution is 5.73. The lowest BCUT2D eigenvalue weighted by Gasteiger charge is -2.05. The predicted octanol–water partition coefficient (Wildman–Crippen LogP) is 2.81. The van der Waals surface area contributed by atoms with Gasteiger partial charge in [0, 0.05) is 18.2 Å². The molecule has 92 valence electrons. The monoisotopic (exact) mass is 241 g/mol. The summed E-state index contributed by atoms with van der Waals surface area (Å²) in [6, 6.07) is 16.7. The molecule has 3 nitrogen and oxygen atoms in total. The third-order valence-electron chi connectivity index (χ3n) is 2.55. The van der Waals surface area contributed by atoms with Crippen LogP contribution in [-0.4, -0.2) is 5.97 Å². The van der Waals surface area contributed by atoms with Crippen molar-refractivity contribution in [1.29, 1.82) is 0 Å². The van der Waals surface area contributed by atoms with Gasteiger partial charge < -0.3 is 10.5 Å². The molecular formula is C15H15NO2. The molecule has 2 rings (SSSR count). The Morgan fingerprint density at radius 3 is 2.56 bits per heavy atom. The Kier molecular flexibility index (Phi) is 3.97. The first-order valence-corrected chi connectivity index (χ1v) is 5.84. The zero-order valence-corrected chi connectivity index (χ0v) is 10.0. The van der Waals surface area contributed by atoms with Gasteiger partial charge in [0.2, 0.25) is 0 Å².